The van der Waals surface area contributed by atoms with E-state index in [9.17, 15) is 9.59 Å². The predicted octanol–water partition coefficient (Wildman–Crippen LogP) is 4.24. The van der Waals surface area contributed by atoms with Gasteiger partial charge in [-0.25, -0.2) is 0 Å². The van der Waals surface area contributed by atoms with Gasteiger partial charge in [-0.2, -0.15) is 0 Å². The van der Waals surface area contributed by atoms with E-state index in [1.54, 1.807) is 19.1 Å². The summed E-state index contributed by atoms with van der Waals surface area (Å²) in [6, 6.07) is 5.50. The number of rotatable bonds is 5. The Morgan fingerprint density at radius 1 is 0.871 bits per heavy atom. The summed E-state index contributed by atoms with van der Waals surface area (Å²) in [6.45, 7) is 3.84. The van der Waals surface area contributed by atoms with E-state index in [1.807, 2.05) is 18.2 Å². The summed E-state index contributed by atoms with van der Waals surface area (Å²) in [6.07, 6.45) is 8.50. The van der Waals surface area contributed by atoms with E-state index in [0.717, 1.165) is 57.2 Å². The van der Waals surface area contributed by atoms with Crippen LogP contribution < -0.4 is 9.47 Å². The molecule has 2 heterocycles. The molecule has 1 aliphatic carbocycles. The smallest absolute Gasteiger partial charge is 0.278 e. The molecule has 2 aliphatic heterocycles. The number of carbonyl (C=O) groups is 2. The third-order valence-corrected chi connectivity index (χ3v) is 6.93. The van der Waals surface area contributed by atoms with Crippen LogP contribution in [0.5, 0.6) is 11.5 Å². The average Bonchev–Trinajstić information content (AvgIpc) is 2.93. The summed E-state index contributed by atoms with van der Waals surface area (Å²) in [7, 11) is 3.18. The van der Waals surface area contributed by atoms with Crippen LogP contribution in [0.4, 0.5) is 0 Å². The van der Waals surface area contributed by atoms with Gasteiger partial charge in [-0.3, -0.25) is 14.5 Å². The van der Waals surface area contributed by atoms with Crippen LogP contribution >= 0.6 is 0 Å². The first-order chi connectivity index (χ1) is 15.0. The predicted molar refractivity (Wildman–Crippen MR) is 120 cm³/mol. The molecule has 2 amide bonds. The van der Waals surface area contributed by atoms with Gasteiger partial charge in [0.05, 0.1) is 19.8 Å². The van der Waals surface area contributed by atoms with Crippen LogP contribution in [0, 0.1) is 5.92 Å². The minimum absolute atomic E-state index is 0.00245. The highest BCUT2D eigenvalue weighted by Gasteiger charge is 2.45. The van der Waals surface area contributed by atoms with Gasteiger partial charge < -0.3 is 14.4 Å². The number of methoxy groups -OCH3 is 2. The van der Waals surface area contributed by atoms with Gasteiger partial charge >= 0.3 is 0 Å². The molecule has 1 atom stereocenters. The number of carbonyl (C=O) groups excluding carboxylic acids is 2. The van der Waals surface area contributed by atoms with E-state index in [1.165, 1.54) is 12.8 Å². The molecular formula is C25H34N2O4. The molecule has 168 valence electrons. The van der Waals surface area contributed by atoms with Crippen molar-refractivity contribution in [3.05, 3.63) is 29.5 Å². The molecule has 1 unspecified atom stereocenters. The van der Waals surface area contributed by atoms with Crippen LogP contribution in [-0.4, -0.2) is 55.0 Å². The van der Waals surface area contributed by atoms with Crippen LogP contribution in [0.2, 0.25) is 0 Å². The summed E-state index contributed by atoms with van der Waals surface area (Å²) < 4.78 is 10.9. The number of nitrogens with zero attached hydrogens (tertiary/aromatic N) is 2. The van der Waals surface area contributed by atoms with Crippen molar-refractivity contribution in [3.8, 4) is 11.5 Å². The zero-order valence-corrected chi connectivity index (χ0v) is 19.0. The third-order valence-electron chi connectivity index (χ3n) is 6.93. The molecule has 0 N–H and O–H groups in total. The van der Waals surface area contributed by atoms with Crippen molar-refractivity contribution in [3.63, 3.8) is 0 Å². The first-order valence-electron chi connectivity index (χ1n) is 11.6. The lowest BCUT2D eigenvalue weighted by atomic mass is 9.97. The fraction of sp³-hybridized carbons (Fsp3) is 0.600. The van der Waals surface area contributed by atoms with Crippen LogP contribution in [-0.2, 0) is 9.59 Å². The molecule has 6 heteroatoms. The number of ether oxygens (including phenoxy) is 2. The molecule has 1 saturated carbocycles. The molecule has 0 bridgehead atoms. The number of likely N-dealkylation sites (tertiary alicyclic amines) is 1. The zero-order chi connectivity index (χ0) is 22.0. The van der Waals surface area contributed by atoms with Crippen molar-refractivity contribution in [2.45, 2.75) is 64.3 Å². The summed E-state index contributed by atoms with van der Waals surface area (Å²) in [5, 5.41) is 0. The molecule has 1 aromatic carbocycles. The number of hydrogen-bond acceptors (Lipinski definition) is 5. The number of amides is 2. The van der Waals surface area contributed by atoms with E-state index in [0.29, 0.717) is 28.7 Å². The standard InChI is InChI=1S/C25H34N2O4/c1-17-9-8-14-26(16-17)23-22(18-12-13-20(30-2)21(15-18)31-3)24(28)27(25(23)29)19-10-6-4-5-7-11-19/h12-13,15,17,19H,4-11,14,16H2,1-3H3. The van der Waals surface area contributed by atoms with E-state index in [-0.39, 0.29) is 17.9 Å². The Balaban J connectivity index is 1.78. The molecule has 2 fully saturated rings. The van der Waals surface area contributed by atoms with Crippen molar-refractivity contribution in [1.29, 1.82) is 0 Å². The Morgan fingerprint density at radius 2 is 1.58 bits per heavy atom. The molecule has 3 aliphatic rings. The van der Waals surface area contributed by atoms with Gasteiger partial charge in [0.25, 0.3) is 11.8 Å². The number of imide groups is 1. The van der Waals surface area contributed by atoms with Gasteiger partial charge in [0, 0.05) is 19.1 Å². The molecule has 1 aromatic rings. The van der Waals surface area contributed by atoms with E-state index >= 15 is 0 Å². The van der Waals surface area contributed by atoms with Gasteiger partial charge in [0.1, 0.15) is 5.70 Å². The minimum atomic E-state index is -0.155. The quantitative estimate of drug-likeness (QED) is 0.521. The lowest BCUT2D eigenvalue weighted by Gasteiger charge is -2.34. The Hall–Kier alpha value is -2.50. The molecule has 4 rings (SSSR count). The minimum Gasteiger partial charge on any atom is -0.493 e. The van der Waals surface area contributed by atoms with Gasteiger partial charge in [0.15, 0.2) is 11.5 Å². The number of piperidine rings is 1. The molecule has 0 spiro atoms. The molecule has 0 radical (unpaired) electrons. The summed E-state index contributed by atoms with van der Waals surface area (Å²) in [5.41, 5.74) is 1.82. The average molecular weight is 427 g/mol. The first kappa shape index (κ1) is 21.7. The van der Waals surface area contributed by atoms with Crippen LogP contribution in [0.3, 0.4) is 0 Å². The Kier molecular flexibility index (Phi) is 6.54. The third kappa shape index (κ3) is 4.17. The zero-order valence-electron chi connectivity index (χ0n) is 19.0. The molecule has 6 nitrogen and oxygen atoms in total. The van der Waals surface area contributed by atoms with Gasteiger partial charge in [-0.15, -0.1) is 0 Å². The van der Waals surface area contributed by atoms with E-state index in [2.05, 4.69) is 11.8 Å². The first-order valence-corrected chi connectivity index (χ1v) is 11.6. The lowest BCUT2D eigenvalue weighted by molar-refractivity contribution is -0.140. The topological polar surface area (TPSA) is 59.1 Å². The van der Waals surface area contributed by atoms with Crippen molar-refractivity contribution >= 4 is 17.4 Å². The fourth-order valence-electron chi connectivity index (χ4n) is 5.32. The molecule has 31 heavy (non-hydrogen) atoms. The van der Waals surface area contributed by atoms with Gasteiger partial charge in [-0.05, 0) is 49.3 Å². The van der Waals surface area contributed by atoms with Crippen LogP contribution in [0.25, 0.3) is 5.57 Å². The second-order valence-corrected chi connectivity index (χ2v) is 9.11. The normalized spacial score (nSPS) is 23.4. The lowest BCUT2D eigenvalue weighted by Crippen LogP contribution is -2.43. The Labute approximate surface area is 185 Å². The second-order valence-electron chi connectivity index (χ2n) is 9.11. The monoisotopic (exact) mass is 426 g/mol. The second kappa shape index (κ2) is 9.33. The number of benzene rings is 1. The summed E-state index contributed by atoms with van der Waals surface area (Å²) >= 11 is 0. The summed E-state index contributed by atoms with van der Waals surface area (Å²) in [5.74, 6) is 1.40. The Bertz CT molecular complexity index is 870. The highest BCUT2D eigenvalue weighted by atomic mass is 16.5. The van der Waals surface area contributed by atoms with Crippen molar-refractivity contribution < 1.29 is 19.1 Å². The van der Waals surface area contributed by atoms with Crippen molar-refractivity contribution in [2.24, 2.45) is 5.92 Å². The summed E-state index contributed by atoms with van der Waals surface area (Å²) in [4.78, 5) is 31.2. The fourth-order valence-corrected chi connectivity index (χ4v) is 5.32. The molecule has 0 aromatic heterocycles. The highest BCUT2D eigenvalue weighted by Crippen LogP contribution is 2.39. The van der Waals surface area contributed by atoms with Crippen molar-refractivity contribution in [1.82, 2.24) is 9.80 Å². The van der Waals surface area contributed by atoms with Crippen molar-refractivity contribution in [2.75, 3.05) is 27.3 Å². The maximum atomic E-state index is 13.8. The SMILES string of the molecule is COc1ccc(C2=C(N3CCCC(C)C3)C(=O)N(C3CCCCCC3)C2=O)cc1OC. The maximum absolute atomic E-state index is 13.8. The van der Waals surface area contributed by atoms with Crippen LogP contribution in [0.1, 0.15) is 63.9 Å². The van der Waals surface area contributed by atoms with Gasteiger partial charge in [0.2, 0.25) is 0 Å². The highest BCUT2D eigenvalue weighted by molar-refractivity contribution is 6.35. The van der Waals surface area contributed by atoms with Crippen LogP contribution in [0.15, 0.2) is 23.9 Å². The molecular weight excluding hydrogens is 392 g/mol. The molecule has 1 saturated heterocycles. The van der Waals surface area contributed by atoms with Gasteiger partial charge in [-0.1, -0.05) is 38.7 Å². The van der Waals surface area contributed by atoms with E-state index in [4.69, 9.17) is 9.47 Å². The number of hydrogen-bond donors (Lipinski definition) is 0. The largest absolute Gasteiger partial charge is 0.493 e. The van der Waals surface area contributed by atoms with E-state index < -0.39 is 0 Å². The Morgan fingerprint density at radius 3 is 2.23 bits per heavy atom. The maximum Gasteiger partial charge on any atom is 0.278 e.